The zero-order valence-electron chi connectivity index (χ0n) is 19.1. The number of fused-ring (bicyclic) bond motifs is 1. The van der Waals surface area contributed by atoms with Gasteiger partial charge in [-0.1, -0.05) is 37.1 Å². The van der Waals surface area contributed by atoms with Crippen LogP contribution < -0.4 is 0 Å². The smallest absolute Gasteiger partial charge is 0.229 e. The Kier molecular flexibility index (Phi) is 6.27. The molecule has 3 heterocycles. The average molecular weight is 434 g/mol. The molecule has 5 heteroatoms. The minimum absolute atomic E-state index is 0.00884. The first-order valence-electron chi connectivity index (χ1n) is 12.5. The fourth-order valence-corrected chi connectivity index (χ4v) is 6.13. The molecule has 1 spiro atoms. The summed E-state index contributed by atoms with van der Waals surface area (Å²) in [5.41, 5.74) is 2.33. The van der Waals surface area contributed by atoms with Crippen LogP contribution in [0.25, 0.3) is 10.9 Å². The van der Waals surface area contributed by atoms with Gasteiger partial charge in [0.15, 0.2) is 0 Å². The molecule has 5 nitrogen and oxygen atoms in total. The van der Waals surface area contributed by atoms with Crippen molar-refractivity contribution in [3.8, 4) is 0 Å². The van der Waals surface area contributed by atoms with Gasteiger partial charge in [-0.05, 0) is 75.7 Å². The number of hydrogen-bond acceptors (Lipinski definition) is 4. The van der Waals surface area contributed by atoms with Crippen molar-refractivity contribution in [1.82, 2.24) is 14.8 Å². The molecule has 5 rings (SSSR count). The molecule has 0 bridgehead atoms. The van der Waals surface area contributed by atoms with E-state index in [1.807, 2.05) is 0 Å². The zero-order chi connectivity index (χ0) is 22.0. The second-order valence-corrected chi connectivity index (χ2v) is 10.3. The first kappa shape index (κ1) is 21.6. The van der Waals surface area contributed by atoms with Gasteiger partial charge in [-0.15, -0.1) is 0 Å². The molecule has 1 aromatic heterocycles. The van der Waals surface area contributed by atoms with Crippen LogP contribution in [-0.2, 0) is 9.59 Å². The Morgan fingerprint density at radius 1 is 0.875 bits per heavy atom. The van der Waals surface area contributed by atoms with Crippen molar-refractivity contribution < 1.29 is 9.59 Å². The minimum atomic E-state index is 0.00884. The first-order chi connectivity index (χ1) is 15.6. The summed E-state index contributed by atoms with van der Waals surface area (Å²) in [7, 11) is 0. The monoisotopic (exact) mass is 433 g/mol. The maximum atomic E-state index is 12.6. The highest BCUT2D eigenvalue weighted by Crippen LogP contribution is 2.46. The van der Waals surface area contributed by atoms with Crippen LogP contribution in [0.4, 0.5) is 0 Å². The van der Waals surface area contributed by atoms with E-state index in [4.69, 9.17) is 4.98 Å². The van der Waals surface area contributed by atoms with E-state index in [2.05, 4.69) is 41.3 Å². The molecule has 1 saturated carbocycles. The maximum absolute atomic E-state index is 12.6. The Morgan fingerprint density at radius 3 is 2.31 bits per heavy atom. The fraction of sp³-hybridized carbons (Fsp3) is 0.593. The summed E-state index contributed by atoms with van der Waals surface area (Å²) < 4.78 is 0. The lowest BCUT2D eigenvalue weighted by Crippen LogP contribution is -2.47. The predicted molar refractivity (Wildman–Crippen MR) is 126 cm³/mol. The van der Waals surface area contributed by atoms with Gasteiger partial charge >= 0.3 is 0 Å². The molecule has 1 aliphatic carbocycles. The Morgan fingerprint density at radius 2 is 1.56 bits per heavy atom. The lowest BCUT2D eigenvalue weighted by molar-refractivity contribution is -0.153. The van der Waals surface area contributed by atoms with Crippen molar-refractivity contribution in [3.05, 3.63) is 42.1 Å². The van der Waals surface area contributed by atoms with E-state index in [9.17, 15) is 9.59 Å². The van der Waals surface area contributed by atoms with E-state index in [-0.39, 0.29) is 17.2 Å². The molecule has 2 saturated heterocycles. The third-order valence-corrected chi connectivity index (χ3v) is 8.05. The van der Waals surface area contributed by atoms with Gasteiger partial charge in [0.1, 0.15) is 0 Å². The van der Waals surface area contributed by atoms with Crippen LogP contribution in [-0.4, -0.2) is 52.8 Å². The molecule has 170 valence electrons. The minimum Gasteiger partial charge on any atom is -0.303 e. The van der Waals surface area contributed by atoms with E-state index in [0.717, 1.165) is 63.7 Å². The molecule has 0 N–H and O–H groups in total. The predicted octanol–water partition coefficient (Wildman–Crippen LogP) is 4.90. The summed E-state index contributed by atoms with van der Waals surface area (Å²) in [6, 6.07) is 12.7. The van der Waals surface area contributed by atoms with Gasteiger partial charge in [0.05, 0.1) is 5.52 Å². The van der Waals surface area contributed by atoms with Crippen LogP contribution in [0.1, 0.15) is 75.8 Å². The van der Waals surface area contributed by atoms with Gasteiger partial charge in [-0.25, -0.2) is 0 Å². The number of amides is 2. The van der Waals surface area contributed by atoms with E-state index in [1.54, 1.807) is 4.90 Å². The highest BCUT2D eigenvalue weighted by atomic mass is 16.2. The Hall–Kier alpha value is -2.27. The molecule has 1 aromatic carbocycles. The number of carbonyl (C=O) groups is 2. The van der Waals surface area contributed by atoms with Gasteiger partial charge in [0, 0.05) is 36.4 Å². The van der Waals surface area contributed by atoms with Crippen molar-refractivity contribution in [2.75, 3.05) is 26.2 Å². The molecular weight excluding hydrogens is 398 g/mol. The van der Waals surface area contributed by atoms with Gasteiger partial charge in [0.25, 0.3) is 0 Å². The van der Waals surface area contributed by atoms with Crippen molar-refractivity contribution in [2.45, 2.75) is 70.1 Å². The number of likely N-dealkylation sites (tertiary alicyclic amines) is 2. The Bertz CT molecular complexity index is 954. The summed E-state index contributed by atoms with van der Waals surface area (Å²) in [6.07, 6.45) is 9.91. The van der Waals surface area contributed by atoms with Crippen molar-refractivity contribution in [1.29, 1.82) is 0 Å². The molecule has 0 radical (unpaired) electrons. The standard InChI is InChI=1S/C27H35N3O2/c31-25-19-27(13-3-4-14-27)20-26(32)30(25)16-6-5-15-29-17-11-22(12-18-29)24-10-9-21-7-1-2-8-23(21)28-24/h1-2,7-10,22H,3-6,11-20H2. The second kappa shape index (κ2) is 9.30. The number of carbonyl (C=O) groups excluding carboxylic acids is 2. The number of hydrogen-bond donors (Lipinski definition) is 0. The fourth-order valence-electron chi connectivity index (χ4n) is 6.13. The number of unbranched alkanes of at least 4 members (excludes halogenated alkanes) is 1. The molecule has 0 atom stereocenters. The van der Waals surface area contributed by atoms with Crippen molar-refractivity contribution >= 4 is 22.7 Å². The molecule has 2 amide bonds. The molecule has 0 unspecified atom stereocenters. The summed E-state index contributed by atoms with van der Waals surface area (Å²) in [5.74, 6) is 0.695. The SMILES string of the molecule is O=C1CC2(CCCC2)CC(=O)N1CCCCN1CCC(c2ccc3ccccc3n2)CC1. The number of benzene rings is 1. The van der Waals surface area contributed by atoms with Crippen LogP contribution in [0.5, 0.6) is 0 Å². The summed E-state index contributed by atoms with van der Waals surface area (Å²) in [4.78, 5) is 34.2. The lowest BCUT2D eigenvalue weighted by Gasteiger charge is -2.37. The summed E-state index contributed by atoms with van der Waals surface area (Å²) >= 11 is 0. The molecular formula is C27H35N3O2. The number of imide groups is 1. The third-order valence-electron chi connectivity index (χ3n) is 8.05. The van der Waals surface area contributed by atoms with Crippen molar-refractivity contribution in [3.63, 3.8) is 0 Å². The van der Waals surface area contributed by atoms with Gasteiger partial charge < -0.3 is 4.90 Å². The van der Waals surface area contributed by atoms with Crippen LogP contribution in [0, 0.1) is 5.41 Å². The molecule has 2 aromatic rings. The van der Waals surface area contributed by atoms with Crippen LogP contribution in [0.3, 0.4) is 0 Å². The van der Waals surface area contributed by atoms with E-state index >= 15 is 0 Å². The molecule has 3 aliphatic rings. The Labute approximate surface area is 191 Å². The third kappa shape index (κ3) is 4.59. The number of piperidine rings is 2. The second-order valence-electron chi connectivity index (χ2n) is 10.3. The molecule has 32 heavy (non-hydrogen) atoms. The van der Waals surface area contributed by atoms with E-state index in [0.29, 0.717) is 25.3 Å². The number of aromatic nitrogens is 1. The average Bonchev–Trinajstić information content (AvgIpc) is 3.25. The largest absolute Gasteiger partial charge is 0.303 e. The molecule has 2 aliphatic heterocycles. The number of para-hydroxylation sites is 1. The number of nitrogens with zero attached hydrogens (tertiary/aromatic N) is 3. The highest BCUT2D eigenvalue weighted by Gasteiger charge is 2.44. The van der Waals surface area contributed by atoms with Crippen LogP contribution >= 0.6 is 0 Å². The number of rotatable bonds is 6. The topological polar surface area (TPSA) is 53.5 Å². The summed E-state index contributed by atoms with van der Waals surface area (Å²) in [6.45, 7) is 3.86. The normalized spacial score (nSPS) is 22.3. The van der Waals surface area contributed by atoms with Gasteiger partial charge in [-0.2, -0.15) is 0 Å². The quantitative estimate of drug-likeness (QED) is 0.480. The van der Waals surface area contributed by atoms with Gasteiger partial charge in [0.2, 0.25) is 11.8 Å². The number of pyridine rings is 1. The maximum Gasteiger partial charge on any atom is 0.229 e. The van der Waals surface area contributed by atoms with Crippen molar-refractivity contribution in [2.24, 2.45) is 5.41 Å². The van der Waals surface area contributed by atoms with E-state index < -0.39 is 0 Å². The van der Waals surface area contributed by atoms with Crippen LogP contribution in [0.2, 0.25) is 0 Å². The first-order valence-corrected chi connectivity index (χ1v) is 12.5. The van der Waals surface area contributed by atoms with Gasteiger partial charge in [-0.3, -0.25) is 19.5 Å². The van der Waals surface area contributed by atoms with E-state index in [1.165, 1.54) is 23.9 Å². The molecule has 3 fully saturated rings. The lowest BCUT2D eigenvalue weighted by atomic mass is 9.76. The summed E-state index contributed by atoms with van der Waals surface area (Å²) in [5, 5.41) is 1.21. The highest BCUT2D eigenvalue weighted by molar-refractivity contribution is 5.98. The van der Waals surface area contributed by atoms with Crippen LogP contribution in [0.15, 0.2) is 36.4 Å². The Balaban J connectivity index is 1.04. The zero-order valence-corrected chi connectivity index (χ0v) is 19.1.